The summed E-state index contributed by atoms with van der Waals surface area (Å²) in [5.41, 5.74) is 0.249. The summed E-state index contributed by atoms with van der Waals surface area (Å²) < 4.78 is 22.8. The Morgan fingerprint density at radius 2 is 2.00 bits per heavy atom. The smallest absolute Gasteiger partial charge is 0.256 e. The summed E-state index contributed by atoms with van der Waals surface area (Å²) in [7, 11) is -2.92. The lowest BCUT2D eigenvalue weighted by atomic mass is 10.0. The van der Waals surface area contributed by atoms with Crippen molar-refractivity contribution in [3.63, 3.8) is 0 Å². The summed E-state index contributed by atoms with van der Waals surface area (Å²) in [6.45, 7) is 0.368. The Hall–Kier alpha value is -1.86. The van der Waals surface area contributed by atoms with Crippen LogP contribution in [0.4, 0.5) is 0 Å². The van der Waals surface area contributed by atoms with E-state index in [4.69, 9.17) is 11.6 Å². The first-order chi connectivity index (χ1) is 11.4. The summed E-state index contributed by atoms with van der Waals surface area (Å²) in [6.07, 6.45) is 2.45. The molecule has 0 unspecified atom stereocenters. The van der Waals surface area contributed by atoms with Gasteiger partial charge in [-0.05, 0) is 37.0 Å². The molecule has 1 saturated heterocycles. The zero-order chi connectivity index (χ0) is 17.3. The number of aromatic nitrogens is 1. The Bertz CT molecular complexity index is 938. The molecule has 24 heavy (non-hydrogen) atoms. The first-order valence-electron chi connectivity index (χ1n) is 7.65. The standard InChI is InChI=1S/C16H17ClN2O4S/c17-11-1-2-12-14(7-11)18-9-13(15(12)20)16(21)19-8-10-3-5-24(22,23)6-4-10/h1-2,7,9-10H,3-6,8H2,(H,18,20)(H,19,21). The molecule has 128 valence electrons. The van der Waals surface area contributed by atoms with E-state index in [1.165, 1.54) is 6.20 Å². The van der Waals surface area contributed by atoms with Gasteiger partial charge in [-0.15, -0.1) is 0 Å². The Labute approximate surface area is 144 Å². The average Bonchev–Trinajstić information content (AvgIpc) is 2.53. The molecule has 1 aromatic heterocycles. The molecule has 1 fully saturated rings. The molecule has 1 aromatic carbocycles. The molecule has 1 aliphatic heterocycles. The highest BCUT2D eigenvalue weighted by Crippen LogP contribution is 2.18. The largest absolute Gasteiger partial charge is 0.360 e. The van der Waals surface area contributed by atoms with Gasteiger partial charge in [0, 0.05) is 23.2 Å². The molecule has 2 heterocycles. The zero-order valence-electron chi connectivity index (χ0n) is 12.8. The summed E-state index contributed by atoms with van der Waals surface area (Å²) in [6, 6.07) is 4.81. The number of H-pyrrole nitrogens is 1. The third-order valence-electron chi connectivity index (χ3n) is 4.31. The van der Waals surface area contributed by atoms with Gasteiger partial charge in [0.2, 0.25) is 5.43 Å². The van der Waals surface area contributed by atoms with Crippen molar-refractivity contribution >= 4 is 38.2 Å². The van der Waals surface area contributed by atoms with Crippen LogP contribution in [0.15, 0.2) is 29.2 Å². The normalized spacial score (nSPS) is 17.7. The number of benzene rings is 1. The first kappa shape index (κ1) is 17.0. The van der Waals surface area contributed by atoms with Gasteiger partial charge >= 0.3 is 0 Å². The number of hydrogen-bond acceptors (Lipinski definition) is 4. The van der Waals surface area contributed by atoms with E-state index in [1.54, 1.807) is 18.2 Å². The molecule has 0 spiro atoms. The van der Waals surface area contributed by atoms with Crippen molar-refractivity contribution in [1.29, 1.82) is 0 Å². The van der Waals surface area contributed by atoms with Crippen molar-refractivity contribution in [1.82, 2.24) is 10.3 Å². The van der Waals surface area contributed by atoms with Crippen LogP contribution < -0.4 is 10.7 Å². The van der Waals surface area contributed by atoms with Crippen LogP contribution in [0, 0.1) is 5.92 Å². The van der Waals surface area contributed by atoms with Crippen LogP contribution in [0.3, 0.4) is 0 Å². The van der Waals surface area contributed by atoms with E-state index in [0.717, 1.165) is 0 Å². The summed E-state index contributed by atoms with van der Waals surface area (Å²) in [5, 5.41) is 3.63. The van der Waals surface area contributed by atoms with Crippen LogP contribution in [0.25, 0.3) is 10.9 Å². The summed E-state index contributed by atoms with van der Waals surface area (Å²) >= 11 is 5.89. The second-order valence-electron chi connectivity index (χ2n) is 6.03. The van der Waals surface area contributed by atoms with Crippen LogP contribution >= 0.6 is 11.6 Å². The number of aromatic amines is 1. The Kier molecular flexibility index (Phi) is 4.64. The average molecular weight is 369 g/mol. The monoisotopic (exact) mass is 368 g/mol. The van der Waals surface area contributed by atoms with Gasteiger partial charge in [-0.2, -0.15) is 0 Å². The van der Waals surface area contributed by atoms with Gasteiger partial charge in [-0.1, -0.05) is 11.6 Å². The molecular weight excluding hydrogens is 352 g/mol. The van der Waals surface area contributed by atoms with Gasteiger partial charge in [0.25, 0.3) is 5.91 Å². The predicted octanol–water partition coefficient (Wildman–Crippen LogP) is 1.74. The highest BCUT2D eigenvalue weighted by molar-refractivity contribution is 7.91. The minimum atomic E-state index is -2.92. The van der Waals surface area contributed by atoms with E-state index >= 15 is 0 Å². The molecule has 0 radical (unpaired) electrons. The summed E-state index contributed by atoms with van der Waals surface area (Å²) in [4.78, 5) is 27.6. The topological polar surface area (TPSA) is 96.1 Å². The molecular formula is C16H17ClN2O4S. The molecule has 6 nitrogen and oxygen atoms in total. The highest BCUT2D eigenvalue weighted by Gasteiger charge is 2.24. The van der Waals surface area contributed by atoms with E-state index in [0.29, 0.717) is 35.3 Å². The lowest BCUT2D eigenvalue weighted by Crippen LogP contribution is -2.35. The van der Waals surface area contributed by atoms with Gasteiger partial charge < -0.3 is 10.3 Å². The van der Waals surface area contributed by atoms with E-state index in [1.807, 2.05) is 0 Å². The minimum Gasteiger partial charge on any atom is -0.360 e. The van der Waals surface area contributed by atoms with Crippen molar-refractivity contribution in [3.05, 3.63) is 45.2 Å². The van der Waals surface area contributed by atoms with Crippen molar-refractivity contribution < 1.29 is 13.2 Å². The second-order valence-corrected chi connectivity index (χ2v) is 8.77. The number of pyridine rings is 1. The molecule has 0 atom stereocenters. The molecule has 2 N–H and O–H groups in total. The Morgan fingerprint density at radius 3 is 2.71 bits per heavy atom. The Morgan fingerprint density at radius 1 is 1.29 bits per heavy atom. The third-order valence-corrected chi connectivity index (χ3v) is 6.26. The zero-order valence-corrected chi connectivity index (χ0v) is 14.4. The van der Waals surface area contributed by atoms with E-state index in [2.05, 4.69) is 10.3 Å². The molecule has 3 rings (SSSR count). The fourth-order valence-electron chi connectivity index (χ4n) is 2.84. The first-order valence-corrected chi connectivity index (χ1v) is 9.85. The fraction of sp³-hybridized carbons (Fsp3) is 0.375. The summed E-state index contributed by atoms with van der Waals surface area (Å²) in [5.74, 6) is -0.0206. The third kappa shape index (κ3) is 3.62. The number of halogens is 1. The van der Waals surface area contributed by atoms with Crippen LogP contribution in [0.1, 0.15) is 23.2 Å². The number of nitrogens with one attached hydrogen (secondary N) is 2. The van der Waals surface area contributed by atoms with Gasteiger partial charge in [-0.25, -0.2) is 8.42 Å². The maximum absolute atomic E-state index is 12.4. The van der Waals surface area contributed by atoms with Crippen molar-refractivity contribution in [2.75, 3.05) is 18.1 Å². The molecule has 0 bridgehead atoms. The lowest BCUT2D eigenvalue weighted by molar-refractivity contribution is 0.0945. The SMILES string of the molecule is O=C(NCC1CCS(=O)(=O)CC1)c1c[nH]c2cc(Cl)ccc2c1=O. The van der Waals surface area contributed by atoms with Crippen LogP contribution in [-0.4, -0.2) is 37.4 Å². The molecule has 0 saturated carbocycles. The molecule has 8 heteroatoms. The quantitative estimate of drug-likeness (QED) is 0.862. The molecule has 0 aliphatic carbocycles. The van der Waals surface area contributed by atoms with Crippen LogP contribution in [0.5, 0.6) is 0 Å². The second kappa shape index (κ2) is 6.57. The Balaban J connectivity index is 1.71. The number of rotatable bonds is 3. The van der Waals surface area contributed by atoms with Gasteiger partial charge in [0.05, 0.1) is 17.0 Å². The highest BCUT2D eigenvalue weighted by atomic mass is 35.5. The lowest BCUT2D eigenvalue weighted by Gasteiger charge is -2.22. The van der Waals surface area contributed by atoms with Crippen LogP contribution in [-0.2, 0) is 9.84 Å². The maximum Gasteiger partial charge on any atom is 0.256 e. The maximum atomic E-state index is 12.4. The molecule has 1 amide bonds. The number of amides is 1. The van der Waals surface area contributed by atoms with Crippen LogP contribution in [0.2, 0.25) is 5.02 Å². The number of carbonyl (C=O) groups is 1. The fourth-order valence-corrected chi connectivity index (χ4v) is 4.60. The number of sulfone groups is 1. The van der Waals surface area contributed by atoms with E-state index in [-0.39, 0.29) is 28.4 Å². The molecule has 2 aromatic rings. The predicted molar refractivity (Wildman–Crippen MR) is 93.3 cm³/mol. The van der Waals surface area contributed by atoms with Gasteiger partial charge in [0.15, 0.2) is 0 Å². The van der Waals surface area contributed by atoms with Gasteiger partial charge in [-0.3, -0.25) is 9.59 Å². The number of carbonyl (C=O) groups excluding carboxylic acids is 1. The van der Waals surface area contributed by atoms with Crippen molar-refractivity contribution in [2.24, 2.45) is 5.92 Å². The minimum absolute atomic E-state index is 0.0354. The van der Waals surface area contributed by atoms with E-state index in [9.17, 15) is 18.0 Å². The van der Waals surface area contributed by atoms with E-state index < -0.39 is 15.7 Å². The number of fused-ring (bicyclic) bond motifs is 1. The van der Waals surface area contributed by atoms with Crippen molar-refractivity contribution in [2.45, 2.75) is 12.8 Å². The molecule has 1 aliphatic rings. The van der Waals surface area contributed by atoms with Crippen molar-refractivity contribution in [3.8, 4) is 0 Å². The van der Waals surface area contributed by atoms with Gasteiger partial charge in [0.1, 0.15) is 15.4 Å². The number of hydrogen-bond donors (Lipinski definition) is 2.